The van der Waals surface area contributed by atoms with Crippen LogP contribution in [0.3, 0.4) is 0 Å². The average Bonchev–Trinajstić information content (AvgIpc) is 2.41. The summed E-state index contributed by atoms with van der Waals surface area (Å²) >= 11 is 0. The fraction of sp³-hybridized carbons (Fsp3) is 0.375. The Labute approximate surface area is 126 Å². The van der Waals surface area contributed by atoms with Gasteiger partial charge < -0.3 is 10.2 Å². The van der Waals surface area contributed by atoms with Gasteiger partial charge >= 0.3 is 6.03 Å². The van der Waals surface area contributed by atoms with E-state index in [1.54, 1.807) is 6.08 Å². The van der Waals surface area contributed by atoms with E-state index >= 15 is 0 Å². The van der Waals surface area contributed by atoms with Gasteiger partial charge in [0.15, 0.2) is 0 Å². The molecule has 0 atom stereocenters. The number of hydrogen-bond donors (Lipinski definition) is 2. The molecule has 114 valence electrons. The standard InChI is InChI=1S/C16H23N3O2/c1-5-7-17-16(21)18-15(20)11-19(6-2)14-9-12(3)8-13(4)10-14/h5,8-10H,1,6-7,11H2,2-4H3,(H2,17,18,20,21). The van der Waals surface area contributed by atoms with Crippen molar-refractivity contribution in [2.24, 2.45) is 0 Å². The molecular weight excluding hydrogens is 266 g/mol. The number of aryl methyl sites for hydroxylation is 2. The Morgan fingerprint density at radius 2 is 1.86 bits per heavy atom. The molecule has 2 N–H and O–H groups in total. The number of amides is 3. The van der Waals surface area contributed by atoms with Gasteiger partial charge in [0.2, 0.25) is 5.91 Å². The molecule has 1 aromatic carbocycles. The maximum atomic E-state index is 11.9. The van der Waals surface area contributed by atoms with E-state index in [2.05, 4.69) is 23.3 Å². The van der Waals surface area contributed by atoms with E-state index in [4.69, 9.17) is 0 Å². The highest BCUT2D eigenvalue weighted by Crippen LogP contribution is 2.18. The first-order valence-corrected chi connectivity index (χ1v) is 6.98. The van der Waals surface area contributed by atoms with E-state index in [-0.39, 0.29) is 12.5 Å². The SMILES string of the molecule is C=CCNC(=O)NC(=O)CN(CC)c1cc(C)cc(C)c1. The van der Waals surface area contributed by atoms with Gasteiger partial charge in [-0.05, 0) is 44.0 Å². The number of carbonyl (C=O) groups excluding carboxylic acids is 2. The number of likely N-dealkylation sites (N-methyl/N-ethyl adjacent to an activating group) is 1. The Hall–Kier alpha value is -2.30. The van der Waals surface area contributed by atoms with Gasteiger partial charge in [-0.25, -0.2) is 4.79 Å². The van der Waals surface area contributed by atoms with Crippen LogP contribution in [0, 0.1) is 13.8 Å². The quantitative estimate of drug-likeness (QED) is 0.789. The lowest BCUT2D eigenvalue weighted by Gasteiger charge is -2.23. The second-order valence-electron chi connectivity index (χ2n) is 4.91. The van der Waals surface area contributed by atoms with E-state index in [1.807, 2.05) is 37.8 Å². The normalized spacial score (nSPS) is 9.86. The van der Waals surface area contributed by atoms with Crippen LogP contribution in [0.15, 0.2) is 30.9 Å². The lowest BCUT2D eigenvalue weighted by molar-refractivity contribution is -0.118. The van der Waals surface area contributed by atoms with E-state index in [0.29, 0.717) is 13.1 Å². The molecule has 0 bridgehead atoms. The molecule has 21 heavy (non-hydrogen) atoms. The summed E-state index contributed by atoms with van der Waals surface area (Å²) in [5.41, 5.74) is 3.27. The minimum absolute atomic E-state index is 0.140. The van der Waals surface area contributed by atoms with Crippen LogP contribution in [0.4, 0.5) is 10.5 Å². The zero-order valence-electron chi connectivity index (χ0n) is 12.9. The van der Waals surface area contributed by atoms with Crippen molar-refractivity contribution in [3.8, 4) is 0 Å². The van der Waals surface area contributed by atoms with E-state index < -0.39 is 6.03 Å². The van der Waals surface area contributed by atoms with Crippen LogP contribution in [0.2, 0.25) is 0 Å². The second-order valence-corrected chi connectivity index (χ2v) is 4.91. The van der Waals surface area contributed by atoms with Gasteiger partial charge in [0.05, 0.1) is 6.54 Å². The van der Waals surface area contributed by atoms with E-state index in [9.17, 15) is 9.59 Å². The molecule has 0 unspecified atom stereocenters. The third-order valence-corrected chi connectivity index (χ3v) is 2.95. The van der Waals surface area contributed by atoms with Gasteiger partial charge in [0.1, 0.15) is 0 Å². The first-order valence-electron chi connectivity index (χ1n) is 6.98. The van der Waals surface area contributed by atoms with Crippen molar-refractivity contribution in [2.45, 2.75) is 20.8 Å². The second kappa shape index (κ2) is 8.09. The minimum Gasteiger partial charge on any atom is -0.362 e. The predicted molar refractivity (Wildman–Crippen MR) is 85.5 cm³/mol. The van der Waals surface area contributed by atoms with E-state index in [1.165, 1.54) is 0 Å². The number of imide groups is 1. The molecule has 0 aliphatic heterocycles. The number of carbonyl (C=O) groups is 2. The Morgan fingerprint density at radius 3 is 2.38 bits per heavy atom. The molecule has 0 heterocycles. The molecule has 5 nitrogen and oxygen atoms in total. The molecule has 5 heteroatoms. The van der Waals surface area contributed by atoms with Crippen LogP contribution in [-0.4, -0.2) is 31.6 Å². The third kappa shape index (κ3) is 5.69. The minimum atomic E-state index is -0.503. The smallest absolute Gasteiger partial charge is 0.321 e. The highest BCUT2D eigenvalue weighted by atomic mass is 16.2. The van der Waals surface area contributed by atoms with Crippen LogP contribution in [0.1, 0.15) is 18.1 Å². The molecule has 0 aromatic heterocycles. The van der Waals surface area contributed by atoms with Crippen LogP contribution >= 0.6 is 0 Å². The summed E-state index contributed by atoms with van der Waals surface area (Å²) in [6.45, 7) is 10.7. The van der Waals surface area contributed by atoms with Gasteiger partial charge in [0.25, 0.3) is 0 Å². The Balaban J connectivity index is 2.67. The Kier molecular flexibility index (Phi) is 6.46. The summed E-state index contributed by atoms with van der Waals surface area (Å²) in [5, 5.41) is 4.81. The molecule has 0 saturated heterocycles. The number of anilines is 1. The van der Waals surface area contributed by atoms with Crippen molar-refractivity contribution in [1.82, 2.24) is 10.6 Å². The van der Waals surface area contributed by atoms with Crippen molar-refractivity contribution in [1.29, 1.82) is 0 Å². The zero-order chi connectivity index (χ0) is 15.8. The van der Waals surface area contributed by atoms with Gasteiger partial charge in [-0.3, -0.25) is 10.1 Å². The summed E-state index contributed by atoms with van der Waals surface area (Å²) in [6, 6.07) is 5.64. The van der Waals surface area contributed by atoms with Gasteiger partial charge in [-0.1, -0.05) is 12.1 Å². The molecule has 0 radical (unpaired) electrons. The highest BCUT2D eigenvalue weighted by molar-refractivity contribution is 5.96. The predicted octanol–water partition coefficient (Wildman–Crippen LogP) is 2.14. The third-order valence-electron chi connectivity index (χ3n) is 2.95. The summed E-state index contributed by atoms with van der Waals surface area (Å²) in [7, 11) is 0. The van der Waals surface area contributed by atoms with Gasteiger partial charge in [-0.2, -0.15) is 0 Å². The van der Waals surface area contributed by atoms with Crippen molar-refractivity contribution in [2.75, 3.05) is 24.5 Å². The number of benzene rings is 1. The van der Waals surface area contributed by atoms with Crippen molar-refractivity contribution < 1.29 is 9.59 Å². The molecule has 0 fully saturated rings. The maximum Gasteiger partial charge on any atom is 0.321 e. The van der Waals surface area contributed by atoms with Gasteiger partial charge in [-0.15, -0.1) is 6.58 Å². The molecule has 3 amide bonds. The maximum absolute atomic E-state index is 11.9. The van der Waals surface area contributed by atoms with Gasteiger partial charge in [0, 0.05) is 18.8 Å². The summed E-state index contributed by atoms with van der Waals surface area (Å²) in [5.74, 6) is -0.336. The Bertz CT molecular complexity index is 506. The van der Waals surface area contributed by atoms with Crippen molar-refractivity contribution >= 4 is 17.6 Å². The zero-order valence-corrected chi connectivity index (χ0v) is 12.9. The number of nitrogens with one attached hydrogen (secondary N) is 2. The highest BCUT2D eigenvalue weighted by Gasteiger charge is 2.13. The van der Waals surface area contributed by atoms with Crippen LogP contribution in [-0.2, 0) is 4.79 Å². The monoisotopic (exact) mass is 289 g/mol. The molecule has 0 saturated carbocycles. The van der Waals surface area contributed by atoms with Crippen LogP contribution in [0.5, 0.6) is 0 Å². The first-order chi connectivity index (χ1) is 9.96. The summed E-state index contributed by atoms with van der Waals surface area (Å²) in [6.07, 6.45) is 1.55. The fourth-order valence-corrected chi connectivity index (χ4v) is 2.07. The first kappa shape index (κ1) is 16.8. The molecule has 1 aromatic rings. The molecule has 0 aliphatic carbocycles. The molecule has 0 spiro atoms. The molecular formula is C16H23N3O2. The molecule has 1 rings (SSSR count). The van der Waals surface area contributed by atoms with Crippen molar-refractivity contribution in [3.63, 3.8) is 0 Å². The summed E-state index contributed by atoms with van der Waals surface area (Å²) in [4.78, 5) is 25.2. The van der Waals surface area contributed by atoms with Crippen LogP contribution in [0.25, 0.3) is 0 Å². The Morgan fingerprint density at radius 1 is 1.24 bits per heavy atom. The lowest BCUT2D eigenvalue weighted by Crippen LogP contribution is -2.44. The topological polar surface area (TPSA) is 61.4 Å². The lowest BCUT2D eigenvalue weighted by atomic mass is 10.1. The van der Waals surface area contributed by atoms with Crippen molar-refractivity contribution in [3.05, 3.63) is 42.0 Å². The number of nitrogens with zero attached hydrogens (tertiary/aromatic N) is 1. The average molecular weight is 289 g/mol. The van der Waals surface area contributed by atoms with Crippen LogP contribution < -0.4 is 15.5 Å². The number of hydrogen-bond acceptors (Lipinski definition) is 3. The number of rotatable bonds is 6. The fourth-order valence-electron chi connectivity index (χ4n) is 2.07. The number of urea groups is 1. The largest absolute Gasteiger partial charge is 0.362 e. The summed E-state index contributed by atoms with van der Waals surface area (Å²) < 4.78 is 0. The molecule has 0 aliphatic rings. The van der Waals surface area contributed by atoms with E-state index in [0.717, 1.165) is 16.8 Å².